The molecule has 0 amide bonds. The predicted octanol–water partition coefficient (Wildman–Crippen LogP) is 3.54. The Balaban J connectivity index is 2.10. The lowest BCUT2D eigenvalue weighted by Crippen LogP contribution is -2.09. The van der Waals surface area contributed by atoms with Crippen LogP contribution in [0.4, 0.5) is 10.1 Å². The lowest BCUT2D eigenvalue weighted by Gasteiger charge is -2.08. The Hall–Kier alpha value is -3.02. The van der Waals surface area contributed by atoms with Gasteiger partial charge in [0.05, 0.1) is 16.8 Å². The number of anilines is 1. The fourth-order valence-corrected chi connectivity index (χ4v) is 2.26. The van der Waals surface area contributed by atoms with Crippen molar-refractivity contribution in [3.8, 4) is 11.3 Å². The maximum Gasteiger partial charge on any atom is 0.272 e. The zero-order valence-corrected chi connectivity index (χ0v) is 12.7. The zero-order chi connectivity index (χ0) is 16.4. The molecule has 0 saturated carbocycles. The van der Waals surface area contributed by atoms with E-state index in [1.165, 1.54) is 6.07 Å². The van der Waals surface area contributed by atoms with Gasteiger partial charge >= 0.3 is 0 Å². The lowest BCUT2D eigenvalue weighted by atomic mass is 10.0. The van der Waals surface area contributed by atoms with Crippen molar-refractivity contribution in [3.05, 3.63) is 58.6 Å². The highest BCUT2D eigenvalue weighted by Crippen LogP contribution is 2.27. The molecule has 3 rings (SSSR count). The molecule has 23 heavy (non-hydrogen) atoms. The average Bonchev–Trinajstić information content (AvgIpc) is 2.54. The van der Waals surface area contributed by atoms with Gasteiger partial charge in [-0.15, -0.1) is 0 Å². The number of H-pyrrole nitrogens is 1. The fourth-order valence-electron chi connectivity index (χ4n) is 2.26. The van der Waals surface area contributed by atoms with E-state index in [9.17, 15) is 9.18 Å². The Morgan fingerprint density at radius 2 is 1.91 bits per heavy atom. The molecule has 2 aromatic carbocycles. The first kappa shape index (κ1) is 14.9. The summed E-state index contributed by atoms with van der Waals surface area (Å²) < 4.78 is 14.2. The van der Waals surface area contributed by atoms with Crippen LogP contribution >= 0.6 is 0 Å². The van der Waals surface area contributed by atoms with E-state index in [0.29, 0.717) is 22.0 Å². The molecule has 116 valence electrons. The van der Waals surface area contributed by atoms with Crippen LogP contribution in [0.3, 0.4) is 0 Å². The van der Waals surface area contributed by atoms with Crippen molar-refractivity contribution < 1.29 is 4.39 Å². The van der Waals surface area contributed by atoms with Gasteiger partial charge in [0, 0.05) is 16.7 Å². The molecule has 0 aliphatic carbocycles. The molecule has 6 heteroatoms. The molecule has 1 heterocycles. The van der Waals surface area contributed by atoms with Gasteiger partial charge in [0.25, 0.3) is 5.56 Å². The van der Waals surface area contributed by atoms with Crippen LogP contribution in [0.2, 0.25) is 0 Å². The van der Waals surface area contributed by atoms with Crippen molar-refractivity contribution in [2.24, 2.45) is 5.10 Å². The van der Waals surface area contributed by atoms with Crippen molar-refractivity contribution in [2.45, 2.75) is 13.8 Å². The standard InChI is InChI=1S/C17H15FN4O/c1-10(2)19-20-15-8-7-11(9-14(15)18)16-12-5-3-4-6-13(12)17(23)22-21-16/h3-9,20H,1-2H3,(H,22,23). The van der Waals surface area contributed by atoms with Gasteiger partial charge in [-0.05, 0) is 32.0 Å². The summed E-state index contributed by atoms with van der Waals surface area (Å²) in [5.41, 5.74) is 4.59. The molecule has 0 bridgehead atoms. The van der Waals surface area contributed by atoms with E-state index < -0.39 is 5.82 Å². The number of hydrazone groups is 1. The fraction of sp³-hybridized carbons (Fsp3) is 0.118. The van der Waals surface area contributed by atoms with Gasteiger partial charge in [-0.25, -0.2) is 9.49 Å². The van der Waals surface area contributed by atoms with Gasteiger partial charge in [0.1, 0.15) is 5.82 Å². The van der Waals surface area contributed by atoms with E-state index >= 15 is 0 Å². The lowest BCUT2D eigenvalue weighted by molar-refractivity contribution is 0.631. The minimum Gasteiger partial charge on any atom is -0.276 e. The predicted molar refractivity (Wildman–Crippen MR) is 90.2 cm³/mol. The molecule has 0 spiro atoms. The summed E-state index contributed by atoms with van der Waals surface area (Å²) >= 11 is 0. The largest absolute Gasteiger partial charge is 0.276 e. The highest BCUT2D eigenvalue weighted by atomic mass is 19.1. The number of halogens is 1. The molecule has 1 aromatic heterocycles. The second-order valence-electron chi connectivity index (χ2n) is 5.31. The van der Waals surface area contributed by atoms with Gasteiger partial charge in [0.15, 0.2) is 0 Å². The number of fused-ring (bicyclic) bond motifs is 1. The smallest absolute Gasteiger partial charge is 0.272 e. The Morgan fingerprint density at radius 1 is 1.17 bits per heavy atom. The SMILES string of the molecule is CC(C)=NNc1ccc(-c2n[nH]c(=O)c3ccccc23)cc1F. The number of nitrogens with zero attached hydrogens (tertiary/aromatic N) is 2. The number of aromatic amines is 1. The summed E-state index contributed by atoms with van der Waals surface area (Å²) in [5, 5.41) is 11.7. The molecule has 0 fully saturated rings. The first-order valence-electron chi connectivity index (χ1n) is 7.10. The van der Waals surface area contributed by atoms with Crippen LogP contribution in [0, 0.1) is 5.82 Å². The molecule has 0 radical (unpaired) electrons. The molecule has 5 nitrogen and oxygen atoms in total. The average molecular weight is 310 g/mol. The molecule has 0 aliphatic heterocycles. The van der Waals surface area contributed by atoms with Gasteiger partial charge in [-0.3, -0.25) is 10.2 Å². The van der Waals surface area contributed by atoms with Crippen LogP contribution in [-0.4, -0.2) is 15.9 Å². The summed E-state index contributed by atoms with van der Waals surface area (Å²) in [6.45, 7) is 3.63. The minimum atomic E-state index is -0.440. The van der Waals surface area contributed by atoms with E-state index in [1.54, 1.807) is 30.3 Å². The van der Waals surface area contributed by atoms with Crippen LogP contribution in [0.15, 0.2) is 52.4 Å². The summed E-state index contributed by atoms with van der Waals surface area (Å²) in [6.07, 6.45) is 0. The van der Waals surface area contributed by atoms with E-state index in [2.05, 4.69) is 20.7 Å². The molecular formula is C17H15FN4O. The summed E-state index contributed by atoms with van der Waals surface area (Å²) in [5.74, 6) is -0.440. The van der Waals surface area contributed by atoms with E-state index in [0.717, 1.165) is 5.71 Å². The van der Waals surface area contributed by atoms with Crippen LogP contribution in [0.25, 0.3) is 22.0 Å². The first-order chi connectivity index (χ1) is 11.1. The van der Waals surface area contributed by atoms with Crippen molar-refractivity contribution >= 4 is 22.2 Å². The maximum atomic E-state index is 14.2. The molecule has 2 N–H and O–H groups in total. The first-order valence-corrected chi connectivity index (χ1v) is 7.10. The quantitative estimate of drug-likeness (QED) is 0.574. The molecule has 3 aromatic rings. The van der Waals surface area contributed by atoms with Gasteiger partial charge in [0.2, 0.25) is 0 Å². The van der Waals surface area contributed by atoms with E-state index in [1.807, 2.05) is 19.9 Å². The number of hydrogen-bond donors (Lipinski definition) is 2. The Kier molecular flexibility index (Phi) is 3.89. The van der Waals surface area contributed by atoms with Crippen molar-refractivity contribution in [3.63, 3.8) is 0 Å². The third-order valence-electron chi connectivity index (χ3n) is 3.34. The minimum absolute atomic E-state index is 0.268. The molecule has 0 aliphatic rings. The third kappa shape index (κ3) is 2.96. The second-order valence-corrected chi connectivity index (χ2v) is 5.31. The number of rotatable bonds is 3. The summed E-state index contributed by atoms with van der Waals surface area (Å²) in [7, 11) is 0. The van der Waals surface area contributed by atoms with Crippen molar-refractivity contribution in [2.75, 3.05) is 5.43 Å². The van der Waals surface area contributed by atoms with Gasteiger partial charge in [-0.1, -0.05) is 24.3 Å². The highest BCUT2D eigenvalue weighted by molar-refractivity contribution is 5.93. The van der Waals surface area contributed by atoms with Gasteiger partial charge in [-0.2, -0.15) is 10.2 Å². The number of hydrogen-bond acceptors (Lipinski definition) is 4. The van der Waals surface area contributed by atoms with Crippen LogP contribution in [-0.2, 0) is 0 Å². The zero-order valence-electron chi connectivity index (χ0n) is 12.7. The maximum absolute atomic E-state index is 14.2. The second kappa shape index (κ2) is 6.00. The number of benzene rings is 2. The van der Waals surface area contributed by atoms with Crippen molar-refractivity contribution in [1.82, 2.24) is 10.2 Å². The van der Waals surface area contributed by atoms with E-state index in [4.69, 9.17) is 0 Å². The Bertz CT molecular complexity index is 958. The molecule has 0 unspecified atom stereocenters. The van der Waals surface area contributed by atoms with Crippen LogP contribution in [0.5, 0.6) is 0 Å². The summed E-state index contributed by atoms with van der Waals surface area (Å²) in [6, 6.07) is 11.8. The molecule has 0 atom stereocenters. The summed E-state index contributed by atoms with van der Waals surface area (Å²) in [4.78, 5) is 11.8. The highest BCUT2D eigenvalue weighted by Gasteiger charge is 2.10. The van der Waals surface area contributed by atoms with Crippen LogP contribution in [0.1, 0.15) is 13.8 Å². The number of nitrogens with one attached hydrogen (secondary N) is 2. The number of aromatic nitrogens is 2. The van der Waals surface area contributed by atoms with Gasteiger partial charge < -0.3 is 0 Å². The normalized spacial score (nSPS) is 10.6. The van der Waals surface area contributed by atoms with Crippen LogP contribution < -0.4 is 11.0 Å². The molecular weight excluding hydrogens is 295 g/mol. The Morgan fingerprint density at radius 3 is 2.61 bits per heavy atom. The third-order valence-corrected chi connectivity index (χ3v) is 3.34. The molecule has 0 saturated heterocycles. The van der Waals surface area contributed by atoms with Crippen molar-refractivity contribution in [1.29, 1.82) is 0 Å². The topological polar surface area (TPSA) is 70.1 Å². The monoisotopic (exact) mass is 310 g/mol. The Labute approximate surface area is 131 Å². The van der Waals surface area contributed by atoms with E-state index in [-0.39, 0.29) is 11.2 Å².